The molecule has 0 aliphatic carbocycles. The highest BCUT2D eigenvalue weighted by Crippen LogP contribution is 2.27. The second kappa shape index (κ2) is 3.61. The highest BCUT2D eigenvalue weighted by molar-refractivity contribution is 7.18. The lowest BCUT2D eigenvalue weighted by molar-refractivity contribution is 0.916. The van der Waals surface area contributed by atoms with Crippen LogP contribution in [0.4, 0.5) is 0 Å². The lowest BCUT2D eigenvalue weighted by Gasteiger charge is -2.01. The second-order valence-electron chi connectivity index (χ2n) is 3.53. The van der Waals surface area contributed by atoms with Gasteiger partial charge < -0.3 is 4.98 Å². The summed E-state index contributed by atoms with van der Waals surface area (Å²) in [4.78, 5) is 20.8. The first-order valence-corrected chi connectivity index (χ1v) is 5.90. The predicted octanol–water partition coefficient (Wildman–Crippen LogP) is 2.90. The molecule has 0 fully saturated rings. The molecule has 0 saturated carbocycles. The number of alkyl halides is 1. The molecule has 1 unspecified atom stereocenters. The van der Waals surface area contributed by atoms with Crippen LogP contribution in [0.3, 0.4) is 0 Å². The molecule has 2 aromatic rings. The zero-order valence-electron chi connectivity index (χ0n) is 8.72. The summed E-state index contributed by atoms with van der Waals surface area (Å²) in [6.45, 7) is 5.72. The van der Waals surface area contributed by atoms with Crippen molar-refractivity contribution in [2.75, 3.05) is 0 Å². The molecule has 0 spiro atoms. The summed E-state index contributed by atoms with van der Waals surface area (Å²) in [7, 11) is 0. The van der Waals surface area contributed by atoms with Crippen molar-refractivity contribution in [3.8, 4) is 0 Å². The van der Waals surface area contributed by atoms with Gasteiger partial charge in [0.1, 0.15) is 10.7 Å². The Bertz CT molecular complexity index is 571. The van der Waals surface area contributed by atoms with Gasteiger partial charge >= 0.3 is 0 Å². The standard InChI is InChI=1S/C10H11ClN2OS/c1-4-6(3)15-10-7(4)9(14)12-8(13-10)5(2)11/h5H,1-3H3,(H,12,13,14). The van der Waals surface area contributed by atoms with Gasteiger partial charge in [-0.15, -0.1) is 22.9 Å². The molecule has 3 nitrogen and oxygen atoms in total. The lowest BCUT2D eigenvalue weighted by Crippen LogP contribution is -2.11. The quantitative estimate of drug-likeness (QED) is 0.782. The summed E-state index contributed by atoms with van der Waals surface area (Å²) in [5.41, 5.74) is 0.918. The Balaban J connectivity index is 2.85. The average Bonchev–Trinajstić information content (AvgIpc) is 2.42. The van der Waals surface area contributed by atoms with E-state index in [0.29, 0.717) is 11.2 Å². The third kappa shape index (κ3) is 1.68. The number of aryl methyl sites for hydroxylation is 2. The van der Waals surface area contributed by atoms with Crippen molar-refractivity contribution >= 4 is 33.2 Å². The van der Waals surface area contributed by atoms with Crippen LogP contribution in [0.1, 0.15) is 28.6 Å². The van der Waals surface area contributed by atoms with Gasteiger partial charge in [-0.2, -0.15) is 0 Å². The molecular formula is C10H11ClN2OS. The summed E-state index contributed by atoms with van der Waals surface area (Å²) < 4.78 is 0. The highest BCUT2D eigenvalue weighted by Gasteiger charge is 2.13. The van der Waals surface area contributed by atoms with Gasteiger partial charge in [-0.3, -0.25) is 4.79 Å². The van der Waals surface area contributed by atoms with Gasteiger partial charge in [0.05, 0.1) is 10.8 Å². The average molecular weight is 243 g/mol. The molecule has 2 rings (SSSR count). The normalized spacial score (nSPS) is 13.3. The Hall–Kier alpha value is -0.870. The molecule has 0 bridgehead atoms. The lowest BCUT2D eigenvalue weighted by atomic mass is 10.2. The topological polar surface area (TPSA) is 45.8 Å². The minimum Gasteiger partial charge on any atom is -0.309 e. The van der Waals surface area contributed by atoms with Crippen LogP contribution in [0.2, 0.25) is 0 Å². The van der Waals surface area contributed by atoms with E-state index in [1.165, 1.54) is 11.3 Å². The molecule has 1 atom stereocenters. The first kappa shape index (κ1) is 10.6. The van der Waals surface area contributed by atoms with Crippen LogP contribution in [0.15, 0.2) is 4.79 Å². The number of rotatable bonds is 1. The van der Waals surface area contributed by atoms with Crippen molar-refractivity contribution in [2.45, 2.75) is 26.1 Å². The van der Waals surface area contributed by atoms with Gasteiger partial charge in [0.2, 0.25) is 0 Å². The highest BCUT2D eigenvalue weighted by atomic mass is 35.5. The van der Waals surface area contributed by atoms with Crippen LogP contribution in [0, 0.1) is 13.8 Å². The number of hydrogen-bond acceptors (Lipinski definition) is 3. The number of fused-ring (bicyclic) bond motifs is 1. The van der Waals surface area contributed by atoms with E-state index < -0.39 is 0 Å². The van der Waals surface area contributed by atoms with Crippen molar-refractivity contribution in [3.63, 3.8) is 0 Å². The number of H-pyrrole nitrogens is 1. The molecule has 0 saturated heterocycles. The fraction of sp³-hybridized carbons (Fsp3) is 0.400. The molecule has 5 heteroatoms. The van der Waals surface area contributed by atoms with E-state index in [0.717, 1.165) is 15.3 Å². The van der Waals surface area contributed by atoms with E-state index in [2.05, 4.69) is 9.97 Å². The Morgan fingerprint density at radius 3 is 2.73 bits per heavy atom. The molecule has 0 radical (unpaired) electrons. The molecule has 0 aliphatic rings. The number of nitrogens with one attached hydrogen (secondary N) is 1. The second-order valence-corrected chi connectivity index (χ2v) is 5.39. The Labute approximate surface area is 96.1 Å². The molecule has 2 aromatic heterocycles. The number of aromatic amines is 1. The van der Waals surface area contributed by atoms with Gasteiger partial charge in [0.25, 0.3) is 5.56 Å². The predicted molar refractivity (Wildman–Crippen MR) is 64.0 cm³/mol. The molecule has 0 aliphatic heterocycles. The maximum atomic E-state index is 11.8. The molecule has 1 N–H and O–H groups in total. The van der Waals surface area contributed by atoms with E-state index in [-0.39, 0.29) is 10.9 Å². The monoisotopic (exact) mass is 242 g/mol. The zero-order chi connectivity index (χ0) is 11.2. The van der Waals surface area contributed by atoms with Crippen molar-refractivity contribution in [1.29, 1.82) is 0 Å². The van der Waals surface area contributed by atoms with Crippen molar-refractivity contribution in [2.24, 2.45) is 0 Å². The summed E-state index contributed by atoms with van der Waals surface area (Å²) in [6, 6.07) is 0. The van der Waals surface area contributed by atoms with Crippen LogP contribution < -0.4 is 5.56 Å². The number of nitrogens with zero attached hydrogens (tertiary/aromatic N) is 1. The Morgan fingerprint density at radius 2 is 2.13 bits per heavy atom. The third-order valence-electron chi connectivity index (χ3n) is 2.43. The van der Waals surface area contributed by atoms with Gasteiger partial charge in [-0.05, 0) is 26.3 Å². The Morgan fingerprint density at radius 1 is 1.47 bits per heavy atom. The van der Waals surface area contributed by atoms with Crippen molar-refractivity contribution in [3.05, 3.63) is 26.6 Å². The minimum atomic E-state index is -0.273. The van der Waals surface area contributed by atoms with Crippen molar-refractivity contribution in [1.82, 2.24) is 9.97 Å². The number of thiophene rings is 1. The fourth-order valence-corrected chi connectivity index (χ4v) is 2.60. The van der Waals surface area contributed by atoms with E-state index in [4.69, 9.17) is 11.6 Å². The smallest absolute Gasteiger partial charge is 0.259 e. The van der Waals surface area contributed by atoms with Crippen LogP contribution in [-0.4, -0.2) is 9.97 Å². The van der Waals surface area contributed by atoms with E-state index in [9.17, 15) is 4.79 Å². The minimum absolute atomic E-state index is 0.0932. The number of hydrogen-bond donors (Lipinski definition) is 1. The molecule has 0 aromatic carbocycles. The SMILES string of the molecule is Cc1sc2nc(C(C)Cl)[nH]c(=O)c2c1C. The Kier molecular flexibility index (Phi) is 2.56. The van der Waals surface area contributed by atoms with E-state index in [1.807, 2.05) is 13.8 Å². The summed E-state index contributed by atoms with van der Waals surface area (Å²) >= 11 is 7.43. The molecule has 2 heterocycles. The van der Waals surface area contributed by atoms with Crippen LogP contribution in [0.5, 0.6) is 0 Å². The number of aromatic nitrogens is 2. The summed E-state index contributed by atoms with van der Waals surface area (Å²) in [5.74, 6) is 0.537. The third-order valence-corrected chi connectivity index (χ3v) is 3.74. The van der Waals surface area contributed by atoms with E-state index >= 15 is 0 Å². The maximum Gasteiger partial charge on any atom is 0.259 e. The molecule has 0 amide bonds. The molecule has 15 heavy (non-hydrogen) atoms. The van der Waals surface area contributed by atoms with Crippen LogP contribution in [0.25, 0.3) is 10.2 Å². The van der Waals surface area contributed by atoms with E-state index in [1.54, 1.807) is 6.92 Å². The summed E-state index contributed by atoms with van der Waals surface area (Å²) in [6.07, 6.45) is 0. The zero-order valence-corrected chi connectivity index (χ0v) is 10.3. The van der Waals surface area contributed by atoms with Gasteiger partial charge in [0, 0.05) is 4.88 Å². The van der Waals surface area contributed by atoms with Gasteiger partial charge in [-0.1, -0.05) is 0 Å². The van der Waals surface area contributed by atoms with Crippen LogP contribution in [-0.2, 0) is 0 Å². The molecular weight excluding hydrogens is 232 g/mol. The summed E-state index contributed by atoms with van der Waals surface area (Å²) in [5, 5.41) is 0.420. The van der Waals surface area contributed by atoms with Gasteiger partial charge in [-0.25, -0.2) is 4.98 Å². The first-order valence-electron chi connectivity index (χ1n) is 4.64. The van der Waals surface area contributed by atoms with Crippen LogP contribution >= 0.6 is 22.9 Å². The largest absolute Gasteiger partial charge is 0.309 e. The van der Waals surface area contributed by atoms with Gasteiger partial charge in [0.15, 0.2) is 0 Å². The number of halogens is 1. The van der Waals surface area contributed by atoms with Crippen molar-refractivity contribution < 1.29 is 0 Å². The molecule has 80 valence electrons. The fourth-order valence-electron chi connectivity index (χ4n) is 1.46. The maximum absolute atomic E-state index is 11.8. The first-order chi connectivity index (χ1) is 7.00.